The number of amides is 1. The maximum absolute atomic E-state index is 13.2. The van der Waals surface area contributed by atoms with E-state index in [0.717, 1.165) is 0 Å². The third kappa shape index (κ3) is 3.01. The summed E-state index contributed by atoms with van der Waals surface area (Å²) in [6.07, 6.45) is 0. The summed E-state index contributed by atoms with van der Waals surface area (Å²) in [5, 5.41) is 11.6. The molecule has 1 rings (SSSR count). The van der Waals surface area contributed by atoms with Crippen LogP contribution in [0.5, 0.6) is 0 Å². The van der Waals surface area contributed by atoms with E-state index >= 15 is 0 Å². The molecule has 0 saturated carbocycles. The second-order valence-corrected chi connectivity index (χ2v) is 4.64. The van der Waals surface area contributed by atoms with Gasteiger partial charge in [-0.3, -0.25) is 4.79 Å². The van der Waals surface area contributed by atoms with E-state index in [0.29, 0.717) is 12.2 Å². The first kappa shape index (κ1) is 14.9. The van der Waals surface area contributed by atoms with Crippen LogP contribution in [0.15, 0.2) is 29.4 Å². The molecule has 0 fully saturated rings. The van der Waals surface area contributed by atoms with Crippen molar-refractivity contribution in [3.05, 3.63) is 30.1 Å². The van der Waals surface area contributed by atoms with E-state index in [1.165, 1.54) is 23.1 Å². The molecule has 0 aliphatic rings. The summed E-state index contributed by atoms with van der Waals surface area (Å²) in [6, 6.07) is 5.73. The summed E-state index contributed by atoms with van der Waals surface area (Å²) in [4.78, 5) is 13.8. The average molecular weight is 267 g/mol. The van der Waals surface area contributed by atoms with Crippen LogP contribution in [0.1, 0.15) is 20.8 Å². The van der Waals surface area contributed by atoms with Crippen molar-refractivity contribution in [2.45, 2.75) is 20.8 Å². The summed E-state index contributed by atoms with van der Waals surface area (Å²) in [7, 11) is 0. The molecule has 6 heteroatoms. The van der Waals surface area contributed by atoms with Crippen molar-refractivity contribution in [1.82, 2.24) is 0 Å². The van der Waals surface area contributed by atoms with Gasteiger partial charge in [-0.25, -0.2) is 4.39 Å². The van der Waals surface area contributed by atoms with Crippen LogP contribution in [0, 0.1) is 11.2 Å². The van der Waals surface area contributed by atoms with Crippen molar-refractivity contribution in [3.8, 4) is 0 Å². The number of carbonyl (C=O) groups is 1. The second-order valence-electron chi connectivity index (χ2n) is 4.64. The van der Waals surface area contributed by atoms with Crippen molar-refractivity contribution in [1.29, 1.82) is 0 Å². The quantitative estimate of drug-likeness (QED) is 0.379. The lowest BCUT2D eigenvalue weighted by molar-refractivity contribution is -0.123. The van der Waals surface area contributed by atoms with Gasteiger partial charge in [0.1, 0.15) is 11.2 Å². The molecule has 0 spiro atoms. The predicted molar refractivity (Wildman–Crippen MR) is 71.6 cm³/mol. The third-order valence-electron chi connectivity index (χ3n) is 2.96. The highest BCUT2D eigenvalue weighted by atomic mass is 19.1. The maximum atomic E-state index is 13.2. The van der Waals surface area contributed by atoms with Crippen LogP contribution >= 0.6 is 0 Å². The fourth-order valence-corrected chi connectivity index (χ4v) is 1.66. The molecule has 0 atom stereocenters. The van der Waals surface area contributed by atoms with E-state index in [1.807, 2.05) is 0 Å². The Labute approximate surface area is 111 Å². The first-order valence-corrected chi connectivity index (χ1v) is 5.90. The fraction of sp³-hybridized carbons (Fsp3) is 0.385. The summed E-state index contributed by atoms with van der Waals surface area (Å²) < 4.78 is 13.2. The van der Waals surface area contributed by atoms with Crippen molar-refractivity contribution < 1.29 is 14.4 Å². The molecule has 3 N–H and O–H groups in total. The minimum absolute atomic E-state index is 0.188. The van der Waals surface area contributed by atoms with Gasteiger partial charge in [0.25, 0.3) is 0 Å². The van der Waals surface area contributed by atoms with Gasteiger partial charge in [-0.05, 0) is 39.0 Å². The van der Waals surface area contributed by atoms with Crippen molar-refractivity contribution >= 4 is 17.4 Å². The van der Waals surface area contributed by atoms with Gasteiger partial charge >= 0.3 is 0 Å². The molecule has 0 heterocycles. The normalized spacial score (nSPS) is 12.3. The number of hydrogen-bond donors (Lipinski definition) is 2. The molecule has 19 heavy (non-hydrogen) atoms. The van der Waals surface area contributed by atoms with Crippen LogP contribution in [0.4, 0.5) is 10.1 Å². The first-order chi connectivity index (χ1) is 8.84. The highest BCUT2D eigenvalue weighted by Crippen LogP contribution is 2.24. The van der Waals surface area contributed by atoms with E-state index in [1.54, 1.807) is 26.8 Å². The van der Waals surface area contributed by atoms with Gasteiger partial charge < -0.3 is 15.8 Å². The van der Waals surface area contributed by atoms with Crippen molar-refractivity contribution in [3.63, 3.8) is 0 Å². The molecule has 0 aliphatic carbocycles. The van der Waals surface area contributed by atoms with E-state index < -0.39 is 11.2 Å². The summed E-state index contributed by atoms with van der Waals surface area (Å²) in [5.41, 5.74) is 4.80. The topological polar surface area (TPSA) is 78.9 Å². The molecule has 0 aromatic heterocycles. The molecule has 1 aromatic rings. The van der Waals surface area contributed by atoms with Gasteiger partial charge in [0.2, 0.25) is 5.91 Å². The SMILES string of the molecule is CCN(C(=O)C(C)(C)C(N)=NO)c1cccc(F)c1. The zero-order chi connectivity index (χ0) is 14.6. The van der Waals surface area contributed by atoms with Gasteiger partial charge in [-0.15, -0.1) is 0 Å². The Balaban J connectivity index is 3.14. The third-order valence-corrected chi connectivity index (χ3v) is 2.96. The van der Waals surface area contributed by atoms with Crippen LogP contribution in [0.3, 0.4) is 0 Å². The number of nitrogens with zero attached hydrogens (tertiary/aromatic N) is 2. The maximum Gasteiger partial charge on any atom is 0.240 e. The summed E-state index contributed by atoms with van der Waals surface area (Å²) >= 11 is 0. The summed E-state index contributed by atoms with van der Waals surface area (Å²) in [6.45, 7) is 5.22. The van der Waals surface area contributed by atoms with Gasteiger partial charge in [0.15, 0.2) is 5.84 Å². The lowest BCUT2D eigenvalue weighted by atomic mass is 9.90. The molecule has 0 unspecified atom stereocenters. The average Bonchev–Trinajstić information content (AvgIpc) is 2.38. The molecule has 1 aromatic carbocycles. The number of carbonyl (C=O) groups excluding carboxylic acids is 1. The second kappa shape index (κ2) is 5.69. The standard InChI is InChI=1S/C13H18FN3O2/c1-4-17(10-7-5-6-9(14)8-10)12(18)13(2,3)11(15)16-19/h5-8,19H,4H2,1-3H3,(H2,15,16). The predicted octanol–water partition coefficient (Wildman–Crippen LogP) is 1.95. The molecule has 0 saturated heterocycles. The number of amidine groups is 1. The van der Waals surface area contributed by atoms with Crippen LogP contribution < -0.4 is 10.6 Å². The molecule has 5 nitrogen and oxygen atoms in total. The van der Waals surface area contributed by atoms with E-state index in [9.17, 15) is 9.18 Å². The Morgan fingerprint density at radius 3 is 2.63 bits per heavy atom. The Morgan fingerprint density at radius 2 is 2.16 bits per heavy atom. The molecule has 1 amide bonds. The molecule has 0 aliphatic heterocycles. The Hall–Kier alpha value is -2.11. The van der Waals surface area contributed by atoms with E-state index in [-0.39, 0.29) is 11.7 Å². The number of oxime groups is 1. The highest BCUT2D eigenvalue weighted by Gasteiger charge is 2.36. The van der Waals surface area contributed by atoms with E-state index in [4.69, 9.17) is 10.9 Å². The zero-order valence-corrected chi connectivity index (χ0v) is 11.2. The van der Waals surface area contributed by atoms with Gasteiger partial charge in [-0.2, -0.15) is 0 Å². The Morgan fingerprint density at radius 1 is 1.53 bits per heavy atom. The fourth-order valence-electron chi connectivity index (χ4n) is 1.66. The Kier molecular flexibility index (Phi) is 4.47. The monoisotopic (exact) mass is 267 g/mol. The van der Waals surface area contributed by atoms with Crippen LogP contribution in [-0.2, 0) is 4.79 Å². The van der Waals surface area contributed by atoms with Crippen molar-refractivity contribution in [2.75, 3.05) is 11.4 Å². The minimum atomic E-state index is -1.17. The lowest BCUT2D eigenvalue weighted by Crippen LogP contribution is -2.48. The molecule has 104 valence electrons. The van der Waals surface area contributed by atoms with Crippen LogP contribution in [-0.4, -0.2) is 23.5 Å². The largest absolute Gasteiger partial charge is 0.409 e. The van der Waals surface area contributed by atoms with Crippen LogP contribution in [0.25, 0.3) is 0 Å². The first-order valence-electron chi connectivity index (χ1n) is 5.90. The van der Waals surface area contributed by atoms with E-state index in [2.05, 4.69) is 5.16 Å². The smallest absolute Gasteiger partial charge is 0.240 e. The number of hydrogen-bond acceptors (Lipinski definition) is 3. The number of benzene rings is 1. The molecular formula is C13H18FN3O2. The molecule has 0 bridgehead atoms. The minimum Gasteiger partial charge on any atom is -0.409 e. The van der Waals surface area contributed by atoms with Gasteiger partial charge in [0, 0.05) is 12.2 Å². The van der Waals surface area contributed by atoms with Gasteiger partial charge in [-0.1, -0.05) is 11.2 Å². The number of nitrogens with two attached hydrogens (primary N) is 1. The highest BCUT2D eigenvalue weighted by molar-refractivity contribution is 6.12. The number of rotatable bonds is 4. The van der Waals surface area contributed by atoms with Crippen LogP contribution in [0.2, 0.25) is 0 Å². The van der Waals surface area contributed by atoms with Gasteiger partial charge in [0.05, 0.1) is 0 Å². The molecular weight excluding hydrogens is 249 g/mol. The summed E-state index contributed by atoms with van der Waals surface area (Å²) in [5.74, 6) is -0.978. The number of anilines is 1. The lowest BCUT2D eigenvalue weighted by Gasteiger charge is -2.30. The number of halogens is 1. The molecule has 0 radical (unpaired) electrons. The zero-order valence-electron chi connectivity index (χ0n) is 11.2. The Bertz CT molecular complexity index is 500. The van der Waals surface area contributed by atoms with Crippen molar-refractivity contribution in [2.24, 2.45) is 16.3 Å².